The Morgan fingerprint density at radius 1 is 1.82 bits per heavy atom. The minimum absolute atomic E-state index is 0.371. The largest absolute Gasteiger partial charge is 0.388 e. The predicted molar refractivity (Wildman–Crippen MR) is 52.3 cm³/mol. The van der Waals surface area contributed by atoms with Crippen molar-refractivity contribution in [2.45, 2.75) is 19.4 Å². The first-order valence-corrected chi connectivity index (χ1v) is 5.26. The molecule has 1 N–H and O–H groups in total. The van der Waals surface area contributed by atoms with Crippen molar-refractivity contribution in [1.82, 2.24) is 0 Å². The van der Waals surface area contributed by atoms with E-state index >= 15 is 0 Å². The Balaban J connectivity index is 2.88. The van der Waals surface area contributed by atoms with Crippen LogP contribution in [0.2, 0.25) is 4.34 Å². The van der Waals surface area contributed by atoms with Gasteiger partial charge in [0.15, 0.2) is 0 Å². The number of aliphatic hydroxyl groups excluding tert-OH is 1. The van der Waals surface area contributed by atoms with Crippen molar-refractivity contribution in [2.75, 3.05) is 0 Å². The summed E-state index contributed by atoms with van der Waals surface area (Å²) in [6, 6.07) is 1.86. The molecule has 0 saturated heterocycles. The minimum Gasteiger partial charge on any atom is -0.388 e. The van der Waals surface area contributed by atoms with Crippen molar-refractivity contribution in [1.29, 1.82) is 0 Å². The first-order valence-electron chi connectivity index (χ1n) is 3.28. The molecule has 0 aliphatic heterocycles. The summed E-state index contributed by atoms with van der Waals surface area (Å²) in [6.07, 6.45) is 0.354. The van der Waals surface area contributed by atoms with E-state index in [1.807, 2.05) is 13.0 Å². The van der Waals surface area contributed by atoms with Gasteiger partial charge in [0, 0.05) is 9.35 Å². The van der Waals surface area contributed by atoms with Gasteiger partial charge in [-0.2, -0.15) is 0 Å². The van der Waals surface area contributed by atoms with Crippen molar-refractivity contribution >= 4 is 38.9 Å². The Labute approximate surface area is 83.1 Å². The zero-order chi connectivity index (χ0) is 8.43. The van der Waals surface area contributed by atoms with E-state index in [2.05, 4.69) is 15.9 Å². The number of halogens is 2. The molecule has 1 aromatic rings. The van der Waals surface area contributed by atoms with Crippen LogP contribution in [0, 0.1) is 0 Å². The topological polar surface area (TPSA) is 20.2 Å². The van der Waals surface area contributed by atoms with Crippen molar-refractivity contribution < 1.29 is 5.11 Å². The summed E-state index contributed by atoms with van der Waals surface area (Å²) in [5, 5.41) is 9.40. The number of rotatable bonds is 2. The summed E-state index contributed by atoms with van der Waals surface area (Å²) < 4.78 is 1.57. The third-order valence-electron chi connectivity index (χ3n) is 1.38. The van der Waals surface area contributed by atoms with Gasteiger partial charge in [0.2, 0.25) is 0 Å². The lowest BCUT2D eigenvalue weighted by atomic mass is 10.2. The summed E-state index contributed by atoms with van der Waals surface area (Å²) in [5.41, 5.74) is 0. The van der Waals surface area contributed by atoms with Crippen LogP contribution in [0.5, 0.6) is 0 Å². The van der Waals surface area contributed by atoms with Crippen molar-refractivity contribution in [2.24, 2.45) is 0 Å². The zero-order valence-corrected chi connectivity index (χ0v) is 9.13. The van der Waals surface area contributed by atoms with E-state index in [1.54, 1.807) is 0 Å². The first kappa shape index (κ1) is 9.52. The number of aliphatic hydroxyl groups is 1. The molecule has 11 heavy (non-hydrogen) atoms. The molecule has 1 rings (SSSR count). The molecule has 0 amide bonds. The lowest BCUT2D eigenvalue weighted by Gasteiger charge is -2.01. The fourth-order valence-electron chi connectivity index (χ4n) is 0.729. The number of thiophene rings is 1. The third-order valence-corrected chi connectivity index (χ3v) is 3.96. The van der Waals surface area contributed by atoms with Gasteiger partial charge in [-0.05, 0) is 28.4 Å². The molecular weight excluding hydrogens is 248 g/mol. The van der Waals surface area contributed by atoms with Crippen LogP contribution in [0.3, 0.4) is 0 Å². The summed E-state index contributed by atoms with van der Waals surface area (Å²) in [4.78, 5) is 0.921. The van der Waals surface area contributed by atoms with Gasteiger partial charge in [0.1, 0.15) is 4.34 Å². The molecule has 0 aromatic carbocycles. The van der Waals surface area contributed by atoms with E-state index in [1.165, 1.54) is 11.3 Å². The van der Waals surface area contributed by atoms with Crippen LogP contribution >= 0.6 is 38.9 Å². The van der Waals surface area contributed by atoms with E-state index in [0.717, 1.165) is 15.8 Å². The average Bonchev–Trinajstić information content (AvgIpc) is 2.31. The van der Waals surface area contributed by atoms with Gasteiger partial charge in [-0.15, -0.1) is 11.3 Å². The Morgan fingerprint density at radius 3 is 2.82 bits per heavy atom. The van der Waals surface area contributed by atoms with Gasteiger partial charge >= 0.3 is 0 Å². The van der Waals surface area contributed by atoms with Crippen LogP contribution < -0.4 is 0 Å². The highest BCUT2D eigenvalue weighted by molar-refractivity contribution is 9.10. The smallest absolute Gasteiger partial charge is 0.107 e. The highest BCUT2D eigenvalue weighted by Gasteiger charge is 2.10. The summed E-state index contributed by atoms with van der Waals surface area (Å²) in [6.45, 7) is 1.94. The van der Waals surface area contributed by atoms with Crippen molar-refractivity contribution in [3.8, 4) is 0 Å². The van der Waals surface area contributed by atoms with Crippen LogP contribution in [0.4, 0.5) is 0 Å². The second-order valence-corrected chi connectivity index (χ2v) is 4.73. The minimum atomic E-state index is -0.371. The summed E-state index contributed by atoms with van der Waals surface area (Å²) in [5.74, 6) is 0. The van der Waals surface area contributed by atoms with Crippen molar-refractivity contribution in [3.63, 3.8) is 0 Å². The second kappa shape index (κ2) is 3.90. The molecule has 0 aliphatic carbocycles. The van der Waals surface area contributed by atoms with Crippen LogP contribution in [0.1, 0.15) is 24.3 Å². The fraction of sp³-hybridized carbons (Fsp3) is 0.429. The monoisotopic (exact) mass is 254 g/mol. The molecule has 0 radical (unpaired) electrons. The van der Waals surface area contributed by atoms with Gasteiger partial charge in [-0.3, -0.25) is 0 Å². The van der Waals surface area contributed by atoms with Gasteiger partial charge < -0.3 is 5.11 Å². The van der Waals surface area contributed by atoms with Crippen LogP contribution in [0.25, 0.3) is 0 Å². The maximum absolute atomic E-state index is 9.40. The van der Waals surface area contributed by atoms with E-state index in [0.29, 0.717) is 4.34 Å². The molecule has 0 bridgehead atoms. The number of hydrogen-bond donors (Lipinski definition) is 1. The molecule has 4 heteroatoms. The average molecular weight is 256 g/mol. The lowest BCUT2D eigenvalue weighted by molar-refractivity contribution is 0.177. The quantitative estimate of drug-likeness (QED) is 0.856. The normalized spacial score (nSPS) is 13.5. The molecule has 0 saturated carbocycles. The highest BCUT2D eigenvalue weighted by Crippen LogP contribution is 2.35. The summed E-state index contributed by atoms with van der Waals surface area (Å²) >= 11 is 10.5. The van der Waals surface area contributed by atoms with Gasteiger partial charge in [-0.25, -0.2) is 0 Å². The molecule has 0 spiro atoms. The van der Waals surface area contributed by atoms with Crippen molar-refractivity contribution in [3.05, 3.63) is 19.8 Å². The van der Waals surface area contributed by atoms with E-state index in [9.17, 15) is 5.11 Å². The standard InChI is InChI=1S/C7H8BrClOS/c1-2-5(10)6-3-4(8)7(9)11-6/h3,5,10H,2H2,1H3/t5-/m1/s1. The first-order chi connectivity index (χ1) is 5.15. The Kier molecular flexibility index (Phi) is 3.37. The Hall–Kier alpha value is 0.430. The molecule has 0 aliphatic rings. The highest BCUT2D eigenvalue weighted by atomic mass is 79.9. The molecule has 0 fully saturated rings. The molecule has 1 nitrogen and oxygen atoms in total. The SMILES string of the molecule is CC[C@@H](O)c1cc(Br)c(Cl)s1. The van der Waals surface area contributed by atoms with Gasteiger partial charge in [-0.1, -0.05) is 18.5 Å². The van der Waals surface area contributed by atoms with Crippen LogP contribution in [0.15, 0.2) is 10.5 Å². The maximum Gasteiger partial charge on any atom is 0.107 e. The maximum atomic E-state index is 9.40. The van der Waals surface area contributed by atoms with Crippen LogP contribution in [-0.2, 0) is 0 Å². The summed E-state index contributed by atoms with van der Waals surface area (Å²) in [7, 11) is 0. The zero-order valence-electron chi connectivity index (χ0n) is 5.97. The number of hydrogen-bond acceptors (Lipinski definition) is 2. The Bertz CT molecular complexity index is 229. The van der Waals surface area contributed by atoms with E-state index < -0.39 is 0 Å². The second-order valence-electron chi connectivity index (χ2n) is 2.19. The fourth-order valence-corrected chi connectivity index (χ4v) is 2.53. The Morgan fingerprint density at radius 2 is 2.45 bits per heavy atom. The molecule has 62 valence electrons. The van der Waals surface area contributed by atoms with E-state index in [-0.39, 0.29) is 6.10 Å². The molecule has 1 aromatic heterocycles. The molecular formula is C7H8BrClOS. The van der Waals surface area contributed by atoms with E-state index in [4.69, 9.17) is 11.6 Å². The third kappa shape index (κ3) is 2.18. The van der Waals surface area contributed by atoms with Gasteiger partial charge in [0.05, 0.1) is 6.10 Å². The molecule has 0 unspecified atom stereocenters. The van der Waals surface area contributed by atoms with Gasteiger partial charge in [0.25, 0.3) is 0 Å². The lowest BCUT2D eigenvalue weighted by Crippen LogP contribution is -1.89. The molecule has 1 heterocycles. The van der Waals surface area contributed by atoms with Crippen LogP contribution in [-0.4, -0.2) is 5.11 Å². The predicted octanol–water partition coefficient (Wildman–Crippen LogP) is 3.61. The molecule has 1 atom stereocenters.